The molecule has 0 spiro atoms. The summed E-state index contributed by atoms with van der Waals surface area (Å²) in [4.78, 5) is 2.57. The molecule has 0 radical (unpaired) electrons. The third-order valence-electron chi connectivity index (χ3n) is 4.47. The average Bonchev–Trinajstić information content (AvgIpc) is 2.33. The lowest BCUT2D eigenvalue weighted by molar-refractivity contribution is 0.234. The van der Waals surface area contributed by atoms with E-state index in [1.165, 1.54) is 28.6 Å². The number of benzene rings is 1. The van der Waals surface area contributed by atoms with Crippen molar-refractivity contribution < 1.29 is 0 Å². The minimum Gasteiger partial charge on any atom is -0.365 e. The van der Waals surface area contributed by atoms with Gasteiger partial charge in [-0.05, 0) is 86.7 Å². The Morgan fingerprint density at radius 1 is 1.42 bits per heavy atom. The molecule has 0 aliphatic carbocycles. The Labute approximate surface area is 125 Å². The molecular weight excluding hydrogens is 300 g/mol. The molecule has 1 heterocycles. The second kappa shape index (κ2) is 5.84. The first-order valence-corrected chi connectivity index (χ1v) is 7.94. The summed E-state index contributed by atoms with van der Waals surface area (Å²) in [6.07, 6.45) is 2.59. The van der Waals surface area contributed by atoms with Gasteiger partial charge in [0.1, 0.15) is 0 Å². The van der Waals surface area contributed by atoms with E-state index in [0.717, 1.165) is 13.1 Å². The summed E-state index contributed by atoms with van der Waals surface area (Å²) in [6, 6.07) is 6.67. The quantitative estimate of drug-likeness (QED) is 0.904. The van der Waals surface area contributed by atoms with E-state index in [-0.39, 0.29) is 5.54 Å². The summed E-state index contributed by atoms with van der Waals surface area (Å²) in [5, 5.41) is 3.35. The van der Waals surface area contributed by atoms with Crippen LogP contribution in [-0.4, -0.2) is 25.7 Å². The fourth-order valence-corrected chi connectivity index (χ4v) is 3.92. The largest absolute Gasteiger partial charge is 0.365 e. The maximum atomic E-state index is 3.74. The molecular formula is C16H25BrN2. The standard InChI is InChI=1S/C16H25BrN2/c1-12-7-8-15(14(17)10-12)19-9-5-6-13(11-18-4)16(19,2)3/h7-8,10,13,18H,5-6,9,11H2,1-4H3. The monoisotopic (exact) mass is 324 g/mol. The Kier molecular flexibility index (Phi) is 4.57. The lowest BCUT2D eigenvalue weighted by atomic mass is 9.78. The van der Waals surface area contributed by atoms with Gasteiger partial charge in [-0.2, -0.15) is 0 Å². The molecule has 1 aliphatic heterocycles. The number of nitrogens with zero attached hydrogens (tertiary/aromatic N) is 1. The summed E-state index contributed by atoms with van der Waals surface area (Å²) >= 11 is 3.74. The highest BCUT2D eigenvalue weighted by Crippen LogP contribution is 2.39. The van der Waals surface area contributed by atoms with Gasteiger partial charge < -0.3 is 10.2 Å². The second-order valence-corrected chi connectivity index (χ2v) is 7.01. The zero-order valence-corrected chi connectivity index (χ0v) is 14.0. The number of hydrogen-bond acceptors (Lipinski definition) is 2. The first-order valence-electron chi connectivity index (χ1n) is 7.15. The van der Waals surface area contributed by atoms with Crippen molar-refractivity contribution in [2.45, 2.75) is 39.2 Å². The lowest BCUT2D eigenvalue weighted by Crippen LogP contribution is -2.55. The van der Waals surface area contributed by atoms with E-state index in [1.54, 1.807) is 0 Å². The molecule has 1 aromatic rings. The van der Waals surface area contributed by atoms with E-state index in [2.05, 4.69) is 72.2 Å². The molecule has 19 heavy (non-hydrogen) atoms. The van der Waals surface area contributed by atoms with Gasteiger partial charge in [0.25, 0.3) is 0 Å². The van der Waals surface area contributed by atoms with Crippen LogP contribution in [0.1, 0.15) is 32.3 Å². The van der Waals surface area contributed by atoms with E-state index < -0.39 is 0 Å². The third kappa shape index (κ3) is 2.97. The molecule has 1 saturated heterocycles. The Morgan fingerprint density at radius 2 is 2.16 bits per heavy atom. The minimum absolute atomic E-state index is 0.193. The molecule has 1 N–H and O–H groups in total. The highest BCUT2D eigenvalue weighted by molar-refractivity contribution is 9.10. The Morgan fingerprint density at radius 3 is 2.79 bits per heavy atom. The van der Waals surface area contributed by atoms with Crippen LogP contribution in [0.25, 0.3) is 0 Å². The molecule has 1 aromatic carbocycles. The van der Waals surface area contributed by atoms with E-state index in [0.29, 0.717) is 5.92 Å². The normalized spacial score (nSPS) is 22.6. The van der Waals surface area contributed by atoms with Gasteiger partial charge in [-0.15, -0.1) is 0 Å². The number of nitrogens with one attached hydrogen (secondary N) is 1. The van der Waals surface area contributed by atoms with Gasteiger partial charge in [0.15, 0.2) is 0 Å². The van der Waals surface area contributed by atoms with E-state index in [9.17, 15) is 0 Å². The number of piperidine rings is 1. The zero-order valence-electron chi connectivity index (χ0n) is 12.5. The van der Waals surface area contributed by atoms with Gasteiger partial charge in [-0.3, -0.25) is 0 Å². The lowest BCUT2D eigenvalue weighted by Gasteiger charge is -2.50. The van der Waals surface area contributed by atoms with E-state index in [1.807, 2.05) is 0 Å². The van der Waals surface area contributed by atoms with Crippen molar-refractivity contribution in [3.05, 3.63) is 28.2 Å². The SMILES string of the molecule is CNCC1CCCN(c2ccc(C)cc2Br)C1(C)C. The summed E-state index contributed by atoms with van der Waals surface area (Å²) < 4.78 is 1.21. The number of rotatable bonds is 3. The highest BCUT2D eigenvalue weighted by atomic mass is 79.9. The maximum absolute atomic E-state index is 3.74. The van der Waals surface area contributed by atoms with E-state index in [4.69, 9.17) is 0 Å². The Bertz CT molecular complexity index is 440. The fraction of sp³-hybridized carbons (Fsp3) is 0.625. The molecule has 1 aliphatic rings. The fourth-order valence-electron chi connectivity index (χ4n) is 3.22. The van der Waals surface area contributed by atoms with Gasteiger partial charge in [0, 0.05) is 16.6 Å². The zero-order chi connectivity index (χ0) is 14.0. The van der Waals surface area contributed by atoms with Crippen LogP contribution < -0.4 is 10.2 Å². The van der Waals surface area contributed by atoms with Crippen molar-refractivity contribution in [3.63, 3.8) is 0 Å². The van der Waals surface area contributed by atoms with Crippen LogP contribution >= 0.6 is 15.9 Å². The molecule has 106 valence electrons. The molecule has 3 heteroatoms. The van der Waals surface area contributed by atoms with Gasteiger partial charge >= 0.3 is 0 Å². The first kappa shape index (κ1) is 14.9. The van der Waals surface area contributed by atoms with Gasteiger partial charge in [-0.1, -0.05) is 6.07 Å². The van der Waals surface area contributed by atoms with Crippen molar-refractivity contribution in [2.75, 3.05) is 25.0 Å². The van der Waals surface area contributed by atoms with Crippen LogP contribution in [0.3, 0.4) is 0 Å². The van der Waals surface area contributed by atoms with Crippen LogP contribution in [0.4, 0.5) is 5.69 Å². The molecule has 0 aromatic heterocycles. The van der Waals surface area contributed by atoms with Crippen molar-refractivity contribution in [1.82, 2.24) is 5.32 Å². The Hall–Kier alpha value is -0.540. The van der Waals surface area contributed by atoms with Crippen molar-refractivity contribution in [3.8, 4) is 0 Å². The molecule has 2 rings (SSSR count). The number of halogens is 1. The predicted octanol–water partition coefficient (Wildman–Crippen LogP) is 3.97. The predicted molar refractivity (Wildman–Crippen MR) is 87.0 cm³/mol. The summed E-state index contributed by atoms with van der Waals surface area (Å²) in [5.41, 5.74) is 2.83. The first-order chi connectivity index (χ1) is 8.96. The third-order valence-corrected chi connectivity index (χ3v) is 5.11. The molecule has 1 unspecified atom stereocenters. The molecule has 1 atom stereocenters. The molecule has 0 bridgehead atoms. The summed E-state index contributed by atoms with van der Waals surface area (Å²) in [7, 11) is 2.05. The van der Waals surface area contributed by atoms with Gasteiger partial charge in [0.2, 0.25) is 0 Å². The van der Waals surface area contributed by atoms with Gasteiger partial charge in [-0.25, -0.2) is 0 Å². The average molecular weight is 325 g/mol. The second-order valence-electron chi connectivity index (χ2n) is 6.16. The van der Waals surface area contributed by atoms with Crippen molar-refractivity contribution in [2.24, 2.45) is 5.92 Å². The Balaban J connectivity index is 2.32. The molecule has 2 nitrogen and oxygen atoms in total. The van der Waals surface area contributed by atoms with Crippen LogP contribution in [0.15, 0.2) is 22.7 Å². The van der Waals surface area contributed by atoms with E-state index >= 15 is 0 Å². The van der Waals surface area contributed by atoms with Crippen LogP contribution in [0, 0.1) is 12.8 Å². The van der Waals surface area contributed by atoms with Gasteiger partial charge in [0.05, 0.1) is 5.69 Å². The smallest absolute Gasteiger partial charge is 0.0515 e. The topological polar surface area (TPSA) is 15.3 Å². The minimum atomic E-state index is 0.193. The van der Waals surface area contributed by atoms with Crippen LogP contribution in [0.5, 0.6) is 0 Å². The molecule has 0 amide bonds. The van der Waals surface area contributed by atoms with Crippen molar-refractivity contribution in [1.29, 1.82) is 0 Å². The maximum Gasteiger partial charge on any atom is 0.0515 e. The number of anilines is 1. The molecule has 0 saturated carbocycles. The van der Waals surface area contributed by atoms with Crippen LogP contribution in [0.2, 0.25) is 0 Å². The summed E-state index contributed by atoms with van der Waals surface area (Å²) in [5.74, 6) is 0.694. The number of aryl methyl sites for hydroxylation is 1. The number of hydrogen-bond donors (Lipinski definition) is 1. The van der Waals surface area contributed by atoms with Crippen molar-refractivity contribution >= 4 is 21.6 Å². The molecule has 1 fully saturated rings. The van der Waals surface area contributed by atoms with Crippen LogP contribution in [-0.2, 0) is 0 Å². The highest BCUT2D eigenvalue weighted by Gasteiger charge is 2.38. The summed E-state index contributed by atoms with van der Waals surface area (Å²) in [6.45, 7) is 9.13.